The lowest BCUT2D eigenvalue weighted by atomic mass is 10.0. The first-order chi connectivity index (χ1) is 14.7. The van der Waals surface area contributed by atoms with E-state index >= 15 is 0 Å². The number of aromatic nitrogens is 2. The number of rotatable bonds is 8. The molecule has 0 saturated carbocycles. The van der Waals surface area contributed by atoms with Gasteiger partial charge in [-0.15, -0.1) is 0 Å². The third-order valence-electron chi connectivity index (χ3n) is 4.73. The Morgan fingerprint density at radius 3 is 2.42 bits per heavy atom. The molecule has 166 valence electrons. The minimum absolute atomic E-state index is 0.0273. The zero-order valence-electron chi connectivity index (χ0n) is 16.8. The maximum Gasteiger partial charge on any atom is 0.318 e. The van der Waals surface area contributed by atoms with E-state index in [1.54, 1.807) is 6.92 Å². The summed E-state index contributed by atoms with van der Waals surface area (Å²) >= 11 is 0. The maximum atomic E-state index is 14.6. The van der Waals surface area contributed by atoms with Gasteiger partial charge in [-0.1, -0.05) is 18.2 Å². The van der Waals surface area contributed by atoms with Crippen LogP contribution >= 0.6 is 0 Å². The highest BCUT2D eigenvalue weighted by molar-refractivity contribution is 5.76. The Balaban J connectivity index is 2.08. The summed E-state index contributed by atoms with van der Waals surface area (Å²) in [4.78, 5) is 20.0. The molecule has 2 heterocycles. The summed E-state index contributed by atoms with van der Waals surface area (Å²) in [7, 11) is 1.30. The highest BCUT2D eigenvalue weighted by Crippen LogP contribution is 2.38. The predicted octanol–water partition coefficient (Wildman–Crippen LogP) is 4.44. The van der Waals surface area contributed by atoms with Crippen molar-refractivity contribution in [2.75, 3.05) is 12.4 Å². The van der Waals surface area contributed by atoms with Crippen LogP contribution in [-0.2, 0) is 14.3 Å². The number of nitrogens with one attached hydrogen (secondary N) is 1. The van der Waals surface area contributed by atoms with E-state index in [1.165, 1.54) is 38.7 Å². The number of hydrogen-bond acceptors (Lipinski definition) is 7. The van der Waals surface area contributed by atoms with Crippen LogP contribution in [0.25, 0.3) is 0 Å². The van der Waals surface area contributed by atoms with Crippen LogP contribution in [0.5, 0.6) is 6.01 Å². The molecule has 1 aromatic carbocycles. The number of ether oxygens (including phenoxy) is 3. The quantitative estimate of drug-likeness (QED) is 0.622. The lowest BCUT2D eigenvalue weighted by molar-refractivity contribution is -0.138. The number of nitrogens with zero attached hydrogens (tertiary/aromatic N) is 2. The Morgan fingerprint density at radius 2 is 1.84 bits per heavy atom. The van der Waals surface area contributed by atoms with Gasteiger partial charge < -0.3 is 24.6 Å². The number of halogens is 3. The van der Waals surface area contributed by atoms with E-state index in [0.29, 0.717) is 0 Å². The lowest BCUT2D eigenvalue weighted by Crippen LogP contribution is -2.20. The van der Waals surface area contributed by atoms with Crippen molar-refractivity contribution in [1.29, 1.82) is 0 Å². The summed E-state index contributed by atoms with van der Waals surface area (Å²) < 4.78 is 56.6. The average molecular weight is 439 g/mol. The van der Waals surface area contributed by atoms with Crippen LogP contribution in [0.1, 0.15) is 60.9 Å². The molecule has 3 rings (SSSR count). The van der Waals surface area contributed by atoms with E-state index in [-0.39, 0.29) is 28.6 Å². The van der Waals surface area contributed by atoms with E-state index in [4.69, 9.17) is 14.2 Å². The Labute approximate surface area is 175 Å². The fourth-order valence-corrected chi connectivity index (χ4v) is 3.08. The molecule has 1 aliphatic rings. The van der Waals surface area contributed by atoms with Gasteiger partial charge >= 0.3 is 12.0 Å². The molecule has 1 aliphatic heterocycles. The molecule has 2 N–H and O–H groups in total. The molecule has 1 unspecified atom stereocenters. The molecule has 31 heavy (non-hydrogen) atoms. The summed E-state index contributed by atoms with van der Waals surface area (Å²) in [6.07, 6.45) is -1.50. The van der Waals surface area contributed by atoms with Crippen molar-refractivity contribution in [3.05, 3.63) is 58.9 Å². The number of anilines is 1. The van der Waals surface area contributed by atoms with Crippen molar-refractivity contribution < 1.29 is 37.3 Å². The summed E-state index contributed by atoms with van der Waals surface area (Å²) in [5, 5.41) is 12.4. The number of carboxylic acids is 1. The minimum atomic E-state index is -2.98. The molecule has 0 aliphatic carbocycles. The molecule has 0 spiro atoms. The largest absolute Gasteiger partial charge is 0.481 e. The third kappa shape index (κ3) is 4.49. The number of carbonyl (C=O) groups is 1. The molecule has 0 radical (unpaired) electrons. The second-order valence-corrected chi connectivity index (χ2v) is 6.71. The van der Waals surface area contributed by atoms with Crippen LogP contribution in [0.15, 0.2) is 30.7 Å². The first-order valence-electron chi connectivity index (χ1n) is 9.22. The summed E-state index contributed by atoms with van der Waals surface area (Å²) in [6, 6.07) is 2.72. The topological polar surface area (TPSA) is 103 Å². The van der Waals surface area contributed by atoms with E-state index in [9.17, 15) is 23.1 Å². The average Bonchev–Trinajstić information content (AvgIpc) is 3.26. The fourth-order valence-electron chi connectivity index (χ4n) is 3.08. The standard InChI is InChI=1S/C20H20F3N3O5/c1-9(18(27)28)15-13(19-30-7-8-31-19)17(26-20(25-15)29-3)24-10(2)11-5-4-6-12(14(11)21)16(22)23/h4-10,16,19H,1-3H3,(H,27,28)(H,24,25,26)/t9?,10-/m1/s1. The number of benzene rings is 1. The number of methoxy groups -OCH3 is 1. The van der Waals surface area contributed by atoms with Gasteiger partial charge in [-0.05, 0) is 13.8 Å². The van der Waals surface area contributed by atoms with Crippen LogP contribution < -0.4 is 10.1 Å². The Bertz CT molecular complexity index is 994. The van der Waals surface area contributed by atoms with E-state index in [2.05, 4.69) is 15.3 Å². The first-order valence-corrected chi connectivity index (χ1v) is 9.22. The van der Waals surface area contributed by atoms with Gasteiger partial charge in [0.2, 0.25) is 0 Å². The van der Waals surface area contributed by atoms with Crippen molar-refractivity contribution in [1.82, 2.24) is 9.97 Å². The monoisotopic (exact) mass is 439 g/mol. The van der Waals surface area contributed by atoms with Crippen LogP contribution in [-0.4, -0.2) is 28.2 Å². The number of aliphatic carboxylic acids is 1. The van der Waals surface area contributed by atoms with Gasteiger partial charge in [-0.2, -0.15) is 9.97 Å². The van der Waals surface area contributed by atoms with Gasteiger partial charge in [-0.3, -0.25) is 4.79 Å². The van der Waals surface area contributed by atoms with Crippen molar-refractivity contribution in [2.24, 2.45) is 0 Å². The van der Waals surface area contributed by atoms with Crippen molar-refractivity contribution >= 4 is 11.8 Å². The lowest BCUT2D eigenvalue weighted by Gasteiger charge is -2.23. The Morgan fingerprint density at radius 1 is 1.19 bits per heavy atom. The number of alkyl halides is 2. The highest BCUT2D eigenvalue weighted by atomic mass is 19.3. The molecule has 8 nitrogen and oxygen atoms in total. The smallest absolute Gasteiger partial charge is 0.318 e. The summed E-state index contributed by atoms with van der Waals surface area (Å²) in [5.74, 6) is -3.25. The molecular weight excluding hydrogens is 419 g/mol. The van der Waals surface area contributed by atoms with Crippen LogP contribution in [0.4, 0.5) is 19.0 Å². The van der Waals surface area contributed by atoms with Crippen LogP contribution in [0.3, 0.4) is 0 Å². The second-order valence-electron chi connectivity index (χ2n) is 6.71. The Hall–Kier alpha value is -3.50. The molecule has 2 atom stereocenters. The van der Waals surface area contributed by atoms with Crippen molar-refractivity contribution in [3.63, 3.8) is 0 Å². The van der Waals surface area contributed by atoms with Crippen molar-refractivity contribution in [2.45, 2.75) is 38.5 Å². The molecule has 1 aromatic heterocycles. The van der Waals surface area contributed by atoms with Gasteiger partial charge in [0.15, 0.2) is 0 Å². The zero-order chi connectivity index (χ0) is 22.7. The van der Waals surface area contributed by atoms with Gasteiger partial charge in [0.05, 0.1) is 35.9 Å². The number of hydrogen-bond donors (Lipinski definition) is 2. The first kappa shape index (κ1) is 22.2. The molecule has 0 fully saturated rings. The van der Waals surface area contributed by atoms with E-state index in [1.807, 2.05) is 0 Å². The second kappa shape index (κ2) is 9.11. The van der Waals surface area contributed by atoms with Gasteiger partial charge in [-0.25, -0.2) is 13.2 Å². The minimum Gasteiger partial charge on any atom is -0.481 e. The van der Waals surface area contributed by atoms with E-state index < -0.39 is 42.0 Å². The SMILES string of the molecule is COc1nc(N[C@H](C)c2cccc(C(F)F)c2F)c(C2OC=CO2)c(C(C)C(=O)O)n1. The third-order valence-corrected chi connectivity index (χ3v) is 4.73. The predicted molar refractivity (Wildman–Crippen MR) is 102 cm³/mol. The van der Waals surface area contributed by atoms with Crippen LogP contribution in [0, 0.1) is 5.82 Å². The molecule has 0 saturated heterocycles. The van der Waals surface area contributed by atoms with Gasteiger partial charge in [0, 0.05) is 5.56 Å². The van der Waals surface area contributed by atoms with Crippen LogP contribution in [0.2, 0.25) is 0 Å². The molecule has 2 aromatic rings. The van der Waals surface area contributed by atoms with Gasteiger partial charge in [0.25, 0.3) is 12.7 Å². The van der Waals surface area contributed by atoms with Crippen molar-refractivity contribution in [3.8, 4) is 6.01 Å². The normalized spacial score (nSPS) is 15.3. The van der Waals surface area contributed by atoms with E-state index in [0.717, 1.165) is 6.07 Å². The molecule has 0 bridgehead atoms. The summed E-state index contributed by atoms with van der Waals surface area (Å²) in [5.41, 5.74) is -0.526. The number of carboxylic acid groups (broad SMARTS) is 1. The molecular formula is C20H20F3N3O5. The maximum absolute atomic E-state index is 14.6. The fraction of sp³-hybridized carbons (Fsp3) is 0.350. The molecule has 0 amide bonds. The molecule has 11 heteroatoms. The summed E-state index contributed by atoms with van der Waals surface area (Å²) in [6.45, 7) is 2.95. The highest BCUT2D eigenvalue weighted by Gasteiger charge is 2.33. The Kier molecular flexibility index (Phi) is 6.52. The van der Waals surface area contributed by atoms with Gasteiger partial charge in [0.1, 0.15) is 24.2 Å². The zero-order valence-corrected chi connectivity index (χ0v) is 16.8.